The third-order valence-electron chi connectivity index (χ3n) is 2.28. The van der Waals surface area contributed by atoms with Crippen LogP contribution in [0.3, 0.4) is 0 Å². The molecule has 0 unspecified atom stereocenters. The first kappa shape index (κ1) is 13.0. The molecule has 0 aliphatic carbocycles. The van der Waals surface area contributed by atoms with Gasteiger partial charge in [-0.3, -0.25) is 0 Å². The van der Waals surface area contributed by atoms with Gasteiger partial charge in [-0.1, -0.05) is 17.7 Å². The molecule has 0 bridgehead atoms. The summed E-state index contributed by atoms with van der Waals surface area (Å²) in [6, 6.07) is 5.63. The molecule has 0 aliphatic heterocycles. The number of benzene rings is 1. The van der Waals surface area contributed by atoms with Gasteiger partial charge in [-0.2, -0.15) is 0 Å². The van der Waals surface area contributed by atoms with E-state index in [4.69, 9.17) is 4.74 Å². The summed E-state index contributed by atoms with van der Waals surface area (Å²) in [5, 5.41) is 12.8. The molecule has 90 valence electrons. The van der Waals surface area contributed by atoms with Crippen molar-refractivity contribution < 1.29 is 9.84 Å². The summed E-state index contributed by atoms with van der Waals surface area (Å²) in [4.78, 5) is 0. The van der Waals surface area contributed by atoms with Crippen molar-refractivity contribution in [3.63, 3.8) is 0 Å². The second kappa shape index (κ2) is 6.51. The van der Waals surface area contributed by atoms with E-state index >= 15 is 0 Å². The van der Waals surface area contributed by atoms with Crippen LogP contribution in [0.2, 0.25) is 0 Å². The highest BCUT2D eigenvalue weighted by Crippen LogP contribution is 2.17. The highest BCUT2D eigenvalue weighted by atomic mass is 16.5. The van der Waals surface area contributed by atoms with E-state index in [2.05, 4.69) is 5.32 Å². The average Bonchev–Trinajstić information content (AvgIpc) is 2.22. The zero-order valence-corrected chi connectivity index (χ0v) is 10.3. The van der Waals surface area contributed by atoms with Crippen molar-refractivity contribution in [2.75, 3.05) is 13.2 Å². The topological polar surface area (TPSA) is 41.5 Å². The Morgan fingerprint density at radius 1 is 1.38 bits per heavy atom. The molecule has 0 radical (unpaired) electrons. The summed E-state index contributed by atoms with van der Waals surface area (Å²) in [5.41, 5.74) is 2.09. The largest absolute Gasteiger partial charge is 0.508 e. The van der Waals surface area contributed by atoms with Crippen LogP contribution in [0.5, 0.6) is 5.75 Å². The number of phenolic OH excluding ortho intramolecular Hbond substituents is 1. The molecule has 16 heavy (non-hydrogen) atoms. The van der Waals surface area contributed by atoms with Gasteiger partial charge in [0.2, 0.25) is 0 Å². The lowest BCUT2D eigenvalue weighted by Crippen LogP contribution is -2.21. The minimum atomic E-state index is 0.272. The Morgan fingerprint density at radius 3 is 2.81 bits per heavy atom. The molecule has 1 aromatic rings. The summed E-state index contributed by atoms with van der Waals surface area (Å²) in [6.07, 6.45) is 0.272. The van der Waals surface area contributed by atoms with E-state index in [1.807, 2.05) is 32.9 Å². The second-order valence-corrected chi connectivity index (χ2v) is 4.23. The number of aryl methyl sites for hydroxylation is 1. The van der Waals surface area contributed by atoms with E-state index in [9.17, 15) is 5.11 Å². The van der Waals surface area contributed by atoms with Gasteiger partial charge in [0.25, 0.3) is 0 Å². The van der Waals surface area contributed by atoms with Gasteiger partial charge in [-0.15, -0.1) is 0 Å². The predicted molar refractivity (Wildman–Crippen MR) is 65.6 cm³/mol. The van der Waals surface area contributed by atoms with Crippen LogP contribution in [0, 0.1) is 6.92 Å². The second-order valence-electron chi connectivity index (χ2n) is 4.23. The molecule has 0 atom stereocenters. The van der Waals surface area contributed by atoms with Gasteiger partial charge in [0.1, 0.15) is 5.75 Å². The monoisotopic (exact) mass is 223 g/mol. The van der Waals surface area contributed by atoms with Gasteiger partial charge in [-0.05, 0) is 26.8 Å². The third-order valence-corrected chi connectivity index (χ3v) is 2.28. The summed E-state index contributed by atoms with van der Waals surface area (Å²) in [5.74, 6) is 0.350. The fraction of sp³-hybridized carbons (Fsp3) is 0.538. The predicted octanol–water partition coefficient (Wildman–Crippen LogP) is 2.22. The highest BCUT2D eigenvalue weighted by molar-refractivity contribution is 5.35. The molecule has 0 aromatic heterocycles. The van der Waals surface area contributed by atoms with Gasteiger partial charge < -0.3 is 15.2 Å². The summed E-state index contributed by atoms with van der Waals surface area (Å²) >= 11 is 0. The molecule has 0 saturated heterocycles. The van der Waals surface area contributed by atoms with Crippen LogP contribution in [0.4, 0.5) is 0 Å². The maximum atomic E-state index is 9.61. The third kappa shape index (κ3) is 4.64. The smallest absolute Gasteiger partial charge is 0.120 e. The van der Waals surface area contributed by atoms with Gasteiger partial charge in [-0.25, -0.2) is 0 Å². The highest BCUT2D eigenvalue weighted by Gasteiger charge is 2.00. The average molecular weight is 223 g/mol. The Morgan fingerprint density at radius 2 is 2.12 bits per heavy atom. The van der Waals surface area contributed by atoms with Crippen molar-refractivity contribution in [3.8, 4) is 5.75 Å². The number of hydrogen-bond donors (Lipinski definition) is 2. The Labute approximate surface area is 97.4 Å². The number of rotatable bonds is 6. The van der Waals surface area contributed by atoms with Crippen LogP contribution in [0.1, 0.15) is 25.0 Å². The van der Waals surface area contributed by atoms with Gasteiger partial charge in [0.05, 0.1) is 12.7 Å². The minimum absolute atomic E-state index is 0.272. The number of hydrogen-bond acceptors (Lipinski definition) is 3. The molecule has 0 aliphatic rings. The first-order valence-electron chi connectivity index (χ1n) is 5.70. The Hall–Kier alpha value is -1.06. The standard InChI is InChI=1S/C13H21NO2/c1-10(2)16-7-6-14-9-12-8-11(3)4-5-13(12)15/h4-5,8,10,14-15H,6-7,9H2,1-3H3. The molecule has 0 heterocycles. The number of ether oxygens (including phenoxy) is 1. The minimum Gasteiger partial charge on any atom is -0.508 e. The van der Waals surface area contributed by atoms with Gasteiger partial charge in [0.15, 0.2) is 0 Å². The van der Waals surface area contributed by atoms with Crippen LogP contribution in [0.15, 0.2) is 18.2 Å². The first-order chi connectivity index (χ1) is 7.59. The molecule has 1 aromatic carbocycles. The van der Waals surface area contributed by atoms with E-state index in [-0.39, 0.29) is 6.10 Å². The summed E-state index contributed by atoms with van der Waals surface area (Å²) < 4.78 is 5.41. The first-order valence-corrected chi connectivity index (χ1v) is 5.70. The fourth-order valence-corrected chi connectivity index (χ4v) is 1.45. The maximum absolute atomic E-state index is 9.61. The van der Waals surface area contributed by atoms with E-state index in [1.54, 1.807) is 6.07 Å². The lowest BCUT2D eigenvalue weighted by Gasteiger charge is -2.09. The Kier molecular flexibility index (Phi) is 5.29. The molecule has 0 spiro atoms. The molecule has 0 saturated carbocycles. The van der Waals surface area contributed by atoms with Crippen molar-refractivity contribution in [2.24, 2.45) is 0 Å². The van der Waals surface area contributed by atoms with Crippen molar-refractivity contribution in [2.45, 2.75) is 33.4 Å². The molecule has 3 heteroatoms. The zero-order chi connectivity index (χ0) is 12.0. The molecule has 0 amide bonds. The lowest BCUT2D eigenvalue weighted by molar-refractivity contribution is 0.0807. The van der Waals surface area contributed by atoms with Crippen molar-refractivity contribution >= 4 is 0 Å². The van der Waals surface area contributed by atoms with Gasteiger partial charge in [0, 0.05) is 18.7 Å². The van der Waals surface area contributed by atoms with Crippen molar-refractivity contribution in [1.82, 2.24) is 5.32 Å². The molecule has 0 fully saturated rings. The molecular weight excluding hydrogens is 202 g/mol. The SMILES string of the molecule is Cc1ccc(O)c(CNCCOC(C)C)c1. The van der Waals surface area contributed by atoms with E-state index in [0.717, 1.165) is 17.7 Å². The number of nitrogens with one attached hydrogen (secondary N) is 1. The lowest BCUT2D eigenvalue weighted by atomic mass is 10.1. The maximum Gasteiger partial charge on any atom is 0.120 e. The van der Waals surface area contributed by atoms with Gasteiger partial charge >= 0.3 is 0 Å². The van der Waals surface area contributed by atoms with Crippen LogP contribution in [-0.4, -0.2) is 24.4 Å². The van der Waals surface area contributed by atoms with Crippen molar-refractivity contribution in [1.29, 1.82) is 0 Å². The zero-order valence-electron chi connectivity index (χ0n) is 10.3. The fourth-order valence-electron chi connectivity index (χ4n) is 1.45. The Bertz CT molecular complexity index is 324. The summed E-state index contributed by atoms with van der Waals surface area (Å²) in [7, 11) is 0. The van der Waals surface area contributed by atoms with E-state index < -0.39 is 0 Å². The van der Waals surface area contributed by atoms with Crippen molar-refractivity contribution in [3.05, 3.63) is 29.3 Å². The molecular formula is C13H21NO2. The van der Waals surface area contributed by atoms with E-state index in [0.29, 0.717) is 18.9 Å². The molecule has 3 nitrogen and oxygen atoms in total. The number of aromatic hydroxyl groups is 1. The van der Waals surface area contributed by atoms with Crippen LogP contribution >= 0.6 is 0 Å². The van der Waals surface area contributed by atoms with Crippen LogP contribution < -0.4 is 5.32 Å². The normalized spacial score (nSPS) is 11.0. The number of phenols is 1. The molecule has 1 rings (SSSR count). The van der Waals surface area contributed by atoms with E-state index in [1.165, 1.54) is 0 Å². The van der Waals surface area contributed by atoms with Crippen LogP contribution in [-0.2, 0) is 11.3 Å². The summed E-state index contributed by atoms with van der Waals surface area (Å²) in [6.45, 7) is 8.23. The Balaban J connectivity index is 2.29. The molecule has 2 N–H and O–H groups in total. The van der Waals surface area contributed by atoms with Crippen LogP contribution in [0.25, 0.3) is 0 Å². The quantitative estimate of drug-likeness (QED) is 0.727.